The number of hydrogen-bond acceptors (Lipinski definition) is 3. The molecule has 0 spiro atoms. The molecule has 1 heterocycles. The zero-order valence-corrected chi connectivity index (χ0v) is 13.5. The van der Waals surface area contributed by atoms with Crippen molar-refractivity contribution in [2.45, 2.75) is 13.3 Å². The van der Waals surface area contributed by atoms with E-state index < -0.39 is 0 Å². The van der Waals surface area contributed by atoms with Gasteiger partial charge in [0.15, 0.2) is 11.5 Å². The Bertz CT molecular complexity index is 864. The van der Waals surface area contributed by atoms with E-state index in [0.29, 0.717) is 17.1 Å². The van der Waals surface area contributed by atoms with Gasteiger partial charge in [-0.15, -0.1) is 0 Å². The number of aryl methyl sites for hydroxylation is 1. The number of H-pyrrole nitrogens is 1. The zero-order valence-electron chi connectivity index (χ0n) is 13.5. The molecule has 0 aliphatic heterocycles. The van der Waals surface area contributed by atoms with Crippen LogP contribution in [0.25, 0.3) is 22.2 Å². The second-order valence-corrected chi connectivity index (χ2v) is 5.32. The minimum absolute atomic E-state index is 0.685. The molecule has 0 atom stereocenters. The third-order valence-corrected chi connectivity index (χ3v) is 4.09. The SMILES string of the molecule is CCc1c(-c2ccc(OC)c(OC)c2)[nH]c2ccc(C=O)cc12. The number of carbonyl (C=O) groups excluding carboxylic acids is 1. The van der Waals surface area contributed by atoms with Crippen molar-refractivity contribution in [1.29, 1.82) is 0 Å². The van der Waals surface area contributed by atoms with Crippen molar-refractivity contribution in [3.05, 3.63) is 47.5 Å². The molecule has 3 aromatic rings. The Labute approximate surface area is 135 Å². The maximum atomic E-state index is 11.0. The molecule has 1 aromatic heterocycles. The highest BCUT2D eigenvalue weighted by Gasteiger charge is 2.14. The highest BCUT2D eigenvalue weighted by Crippen LogP contribution is 2.36. The standard InChI is InChI=1S/C19H19NO3/c1-4-14-15-9-12(11-21)5-7-16(15)20-19(14)13-6-8-17(22-2)18(10-13)23-3/h5-11,20H,4H2,1-3H3. The molecule has 0 fully saturated rings. The number of aromatic nitrogens is 1. The molecule has 3 rings (SSSR count). The van der Waals surface area contributed by atoms with Crippen LogP contribution in [0.3, 0.4) is 0 Å². The predicted octanol–water partition coefficient (Wildman–Crippen LogP) is 4.23. The van der Waals surface area contributed by atoms with Crippen LogP contribution in [0.1, 0.15) is 22.8 Å². The van der Waals surface area contributed by atoms with Crippen LogP contribution in [0, 0.1) is 0 Å². The van der Waals surface area contributed by atoms with Crippen molar-refractivity contribution in [1.82, 2.24) is 4.98 Å². The van der Waals surface area contributed by atoms with Gasteiger partial charge in [0.05, 0.1) is 14.2 Å². The van der Waals surface area contributed by atoms with Crippen LogP contribution >= 0.6 is 0 Å². The van der Waals surface area contributed by atoms with Gasteiger partial charge < -0.3 is 14.5 Å². The molecule has 1 N–H and O–H groups in total. The van der Waals surface area contributed by atoms with Crippen LogP contribution in [0.5, 0.6) is 11.5 Å². The Kier molecular flexibility index (Phi) is 4.06. The van der Waals surface area contributed by atoms with Crippen LogP contribution in [-0.2, 0) is 6.42 Å². The van der Waals surface area contributed by atoms with E-state index in [1.54, 1.807) is 14.2 Å². The highest BCUT2D eigenvalue weighted by atomic mass is 16.5. The number of rotatable bonds is 5. The van der Waals surface area contributed by atoms with E-state index in [-0.39, 0.29) is 0 Å². The fourth-order valence-corrected chi connectivity index (χ4v) is 2.94. The van der Waals surface area contributed by atoms with Gasteiger partial charge in [-0.05, 0) is 48.4 Å². The van der Waals surface area contributed by atoms with Gasteiger partial charge in [-0.25, -0.2) is 0 Å². The van der Waals surface area contributed by atoms with Gasteiger partial charge in [0.2, 0.25) is 0 Å². The first-order valence-electron chi connectivity index (χ1n) is 7.54. The van der Waals surface area contributed by atoms with E-state index in [1.165, 1.54) is 5.56 Å². The van der Waals surface area contributed by atoms with Gasteiger partial charge in [-0.3, -0.25) is 4.79 Å². The Morgan fingerprint density at radius 2 is 1.83 bits per heavy atom. The van der Waals surface area contributed by atoms with Crippen molar-refractivity contribution in [2.75, 3.05) is 14.2 Å². The number of carbonyl (C=O) groups is 1. The predicted molar refractivity (Wildman–Crippen MR) is 91.6 cm³/mol. The second-order valence-electron chi connectivity index (χ2n) is 5.32. The van der Waals surface area contributed by atoms with Crippen LogP contribution in [0.4, 0.5) is 0 Å². The van der Waals surface area contributed by atoms with Gasteiger partial charge in [-0.2, -0.15) is 0 Å². The third kappa shape index (κ3) is 2.57. The first kappa shape index (κ1) is 15.2. The first-order chi connectivity index (χ1) is 11.2. The molecule has 4 heteroatoms. The molecular weight excluding hydrogens is 290 g/mol. The van der Waals surface area contributed by atoms with E-state index in [2.05, 4.69) is 11.9 Å². The molecule has 0 bridgehead atoms. The number of hydrogen-bond donors (Lipinski definition) is 1. The number of fused-ring (bicyclic) bond motifs is 1. The normalized spacial score (nSPS) is 10.7. The van der Waals surface area contributed by atoms with Crippen molar-refractivity contribution in [3.8, 4) is 22.8 Å². The van der Waals surface area contributed by atoms with Gasteiger partial charge in [0.1, 0.15) is 6.29 Å². The summed E-state index contributed by atoms with van der Waals surface area (Å²) in [5.41, 5.74) is 4.98. The Morgan fingerprint density at radius 1 is 1.04 bits per heavy atom. The van der Waals surface area contributed by atoms with Crippen molar-refractivity contribution in [3.63, 3.8) is 0 Å². The molecule has 2 aromatic carbocycles. The molecule has 23 heavy (non-hydrogen) atoms. The van der Waals surface area contributed by atoms with E-state index in [9.17, 15) is 4.79 Å². The van der Waals surface area contributed by atoms with Gasteiger partial charge in [0, 0.05) is 27.7 Å². The lowest BCUT2D eigenvalue weighted by Crippen LogP contribution is -1.92. The summed E-state index contributed by atoms with van der Waals surface area (Å²) in [5, 5.41) is 1.09. The topological polar surface area (TPSA) is 51.3 Å². The van der Waals surface area contributed by atoms with E-state index in [4.69, 9.17) is 9.47 Å². The lowest BCUT2D eigenvalue weighted by atomic mass is 10.0. The van der Waals surface area contributed by atoms with Crippen LogP contribution in [0.15, 0.2) is 36.4 Å². The first-order valence-corrected chi connectivity index (χ1v) is 7.54. The molecule has 0 unspecified atom stereocenters. The van der Waals surface area contributed by atoms with Gasteiger partial charge in [-0.1, -0.05) is 6.92 Å². The largest absolute Gasteiger partial charge is 0.493 e. The second kappa shape index (κ2) is 6.16. The lowest BCUT2D eigenvalue weighted by molar-refractivity contribution is 0.112. The minimum atomic E-state index is 0.685. The average molecular weight is 309 g/mol. The number of benzene rings is 2. The summed E-state index contributed by atoms with van der Waals surface area (Å²) in [6.45, 7) is 2.11. The molecule has 4 nitrogen and oxygen atoms in total. The van der Waals surface area contributed by atoms with E-state index >= 15 is 0 Å². The van der Waals surface area contributed by atoms with Crippen molar-refractivity contribution < 1.29 is 14.3 Å². The summed E-state index contributed by atoms with van der Waals surface area (Å²) in [4.78, 5) is 14.5. The summed E-state index contributed by atoms with van der Waals surface area (Å²) in [7, 11) is 3.25. The Hall–Kier alpha value is -2.75. The fourth-order valence-electron chi connectivity index (χ4n) is 2.94. The molecule has 0 amide bonds. The average Bonchev–Trinajstić information content (AvgIpc) is 2.98. The molecule has 0 saturated heterocycles. The molecule has 0 saturated carbocycles. The molecule has 0 aliphatic carbocycles. The van der Waals surface area contributed by atoms with E-state index in [1.807, 2.05) is 36.4 Å². The lowest BCUT2D eigenvalue weighted by Gasteiger charge is -2.10. The van der Waals surface area contributed by atoms with Crippen LogP contribution < -0.4 is 9.47 Å². The maximum Gasteiger partial charge on any atom is 0.161 e. The number of aromatic amines is 1. The van der Waals surface area contributed by atoms with Crippen molar-refractivity contribution >= 4 is 17.2 Å². The summed E-state index contributed by atoms with van der Waals surface area (Å²) in [5.74, 6) is 1.40. The zero-order chi connectivity index (χ0) is 16.4. The summed E-state index contributed by atoms with van der Waals surface area (Å²) < 4.78 is 10.7. The summed E-state index contributed by atoms with van der Waals surface area (Å²) in [6.07, 6.45) is 1.74. The number of ether oxygens (including phenoxy) is 2. The van der Waals surface area contributed by atoms with Crippen LogP contribution in [0.2, 0.25) is 0 Å². The minimum Gasteiger partial charge on any atom is -0.493 e. The maximum absolute atomic E-state index is 11.0. The molecule has 118 valence electrons. The summed E-state index contributed by atoms with van der Waals surface area (Å²) in [6, 6.07) is 11.6. The van der Waals surface area contributed by atoms with E-state index in [0.717, 1.165) is 34.9 Å². The highest BCUT2D eigenvalue weighted by molar-refractivity contribution is 5.94. The smallest absolute Gasteiger partial charge is 0.161 e. The molecule has 0 aliphatic rings. The van der Waals surface area contributed by atoms with Crippen LogP contribution in [-0.4, -0.2) is 25.5 Å². The quantitative estimate of drug-likeness (QED) is 0.718. The Morgan fingerprint density at radius 3 is 2.48 bits per heavy atom. The number of aldehydes is 1. The summed E-state index contributed by atoms with van der Waals surface area (Å²) >= 11 is 0. The van der Waals surface area contributed by atoms with Gasteiger partial charge in [0.25, 0.3) is 0 Å². The van der Waals surface area contributed by atoms with Gasteiger partial charge >= 0.3 is 0 Å². The monoisotopic (exact) mass is 309 g/mol. The molecule has 0 radical (unpaired) electrons. The molecular formula is C19H19NO3. The van der Waals surface area contributed by atoms with Crippen molar-refractivity contribution in [2.24, 2.45) is 0 Å². The fraction of sp³-hybridized carbons (Fsp3) is 0.211. The Balaban J connectivity index is 2.21. The number of methoxy groups -OCH3 is 2. The number of nitrogens with one attached hydrogen (secondary N) is 1. The third-order valence-electron chi connectivity index (χ3n) is 4.09.